The highest BCUT2D eigenvalue weighted by Gasteiger charge is 2.07. The van der Waals surface area contributed by atoms with Crippen LogP contribution in [-0.4, -0.2) is 11.7 Å². The van der Waals surface area contributed by atoms with Crippen molar-refractivity contribution in [2.45, 2.75) is 32.6 Å². The number of unbranched alkanes of at least 4 members (excludes halogenated alkanes) is 1. The molecular formula is C13H19IO. The minimum Gasteiger partial charge on any atom is -0.396 e. The molecule has 0 amide bonds. The molecule has 1 rings (SSSR count). The van der Waals surface area contributed by atoms with Crippen molar-refractivity contribution in [3.63, 3.8) is 0 Å². The van der Waals surface area contributed by atoms with Crippen molar-refractivity contribution >= 4 is 22.6 Å². The number of halogens is 1. The van der Waals surface area contributed by atoms with Crippen LogP contribution in [0.15, 0.2) is 24.3 Å². The predicted molar refractivity (Wildman–Crippen MR) is 73.0 cm³/mol. The molecule has 0 aliphatic rings. The molecule has 2 heteroatoms. The van der Waals surface area contributed by atoms with Crippen molar-refractivity contribution in [3.05, 3.63) is 33.4 Å². The van der Waals surface area contributed by atoms with Crippen LogP contribution in [0.1, 0.15) is 31.7 Å². The predicted octanol–water partition coefficient (Wildman–Crippen LogP) is 3.63. The van der Waals surface area contributed by atoms with Crippen molar-refractivity contribution in [1.29, 1.82) is 0 Å². The van der Waals surface area contributed by atoms with Gasteiger partial charge in [-0.05, 0) is 59.0 Å². The Labute approximate surface area is 106 Å². The zero-order valence-electron chi connectivity index (χ0n) is 9.25. The molecule has 1 aromatic carbocycles. The van der Waals surface area contributed by atoms with Gasteiger partial charge in [-0.1, -0.05) is 31.9 Å². The van der Waals surface area contributed by atoms with Crippen LogP contribution >= 0.6 is 22.6 Å². The molecule has 0 aromatic heterocycles. The summed E-state index contributed by atoms with van der Waals surface area (Å²) in [5.41, 5.74) is 1.34. The van der Waals surface area contributed by atoms with Crippen LogP contribution in [0.2, 0.25) is 0 Å². The van der Waals surface area contributed by atoms with Crippen LogP contribution in [0.4, 0.5) is 0 Å². The minimum atomic E-state index is 0.311. The number of aliphatic hydroxyl groups excluding tert-OH is 1. The Hall–Kier alpha value is -0.0900. The average molecular weight is 318 g/mol. The maximum absolute atomic E-state index is 9.27. The fraction of sp³-hybridized carbons (Fsp3) is 0.538. The van der Waals surface area contributed by atoms with E-state index in [9.17, 15) is 5.11 Å². The van der Waals surface area contributed by atoms with E-state index in [-0.39, 0.29) is 0 Å². The van der Waals surface area contributed by atoms with E-state index < -0.39 is 0 Å². The zero-order chi connectivity index (χ0) is 11.1. The number of rotatable bonds is 6. The smallest absolute Gasteiger partial charge is 0.0462 e. The third-order valence-corrected chi connectivity index (χ3v) is 3.38. The Balaban J connectivity index is 2.47. The van der Waals surface area contributed by atoms with E-state index in [1.165, 1.54) is 22.0 Å². The molecule has 1 nitrogen and oxygen atoms in total. The molecule has 0 fully saturated rings. The molecule has 0 bridgehead atoms. The molecule has 0 heterocycles. The highest BCUT2D eigenvalue weighted by molar-refractivity contribution is 14.1. The first-order valence-electron chi connectivity index (χ1n) is 5.61. The van der Waals surface area contributed by atoms with Crippen LogP contribution in [0.3, 0.4) is 0 Å². The zero-order valence-corrected chi connectivity index (χ0v) is 11.4. The fourth-order valence-electron chi connectivity index (χ4n) is 1.70. The summed E-state index contributed by atoms with van der Waals surface area (Å²) in [5, 5.41) is 9.27. The van der Waals surface area contributed by atoms with Gasteiger partial charge in [0.25, 0.3) is 0 Å². The van der Waals surface area contributed by atoms with Crippen LogP contribution in [-0.2, 0) is 6.42 Å². The van der Waals surface area contributed by atoms with E-state index in [0.29, 0.717) is 12.5 Å². The monoisotopic (exact) mass is 318 g/mol. The standard InChI is InChI=1S/C13H19IO/c1-2-3-4-12(10-15)9-11-5-7-13(14)8-6-11/h5-8,12,15H,2-4,9-10H2,1H3/t12-/m1/s1. The second-order valence-electron chi connectivity index (χ2n) is 4.02. The molecule has 0 radical (unpaired) electrons. The molecule has 0 aliphatic carbocycles. The summed E-state index contributed by atoms with van der Waals surface area (Å²) in [5.74, 6) is 0.435. The van der Waals surface area contributed by atoms with Crippen molar-refractivity contribution < 1.29 is 5.11 Å². The van der Waals surface area contributed by atoms with Crippen molar-refractivity contribution in [2.24, 2.45) is 5.92 Å². The lowest BCUT2D eigenvalue weighted by atomic mass is 9.95. The quantitative estimate of drug-likeness (QED) is 0.794. The van der Waals surface area contributed by atoms with Gasteiger partial charge in [0, 0.05) is 10.2 Å². The lowest BCUT2D eigenvalue weighted by Crippen LogP contribution is -2.09. The summed E-state index contributed by atoms with van der Waals surface area (Å²) < 4.78 is 1.27. The third kappa shape index (κ3) is 4.98. The van der Waals surface area contributed by atoms with E-state index in [2.05, 4.69) is 53.8 Å². The van der Waals surface area contributed by atoms with Gasteiger partial charge in [0.15, 0.2) is 0 Å². The normalized spacial score (nSPS) is 12.7. The molecule has 1 atom stereocenters. The summed E-state index contributed by atoms with van der Waals surface area (Å²) in [6.45, 7) is 2.51. The van der Waals surface area contributed by atoms with Crippen LogP contribution < -0.4 is 0 Å². The second-order valence-corrected chi connectivity index (χ2v) is 5.27. The highest BCUT2D eigenvalue weighted by atomic mass is 127. The first-order chi connectivity index (χ1) is 7.26. The van der Waals surface area contributed by atoms with Gasteiger partial charge < -0.3 is 5.11 Å². The molecule has 15 heavy (non-hydrogen) atoms. The fourth-order valence-corrected chi connectivity index (χ4v) is 2.06. The molecule has 1 aromatic rings. The average Bonchev–Trinajstić information content (AvgIpc) is 2.27. The molecule has 0 aliphatic heterocycles. The Morgan fingerprint density at radius 3 is 2.47 bits per heavy atom. The van der Waals surface area contributed by atoms with Gasteiger partial charge in [0.05, 0.1) is 0 Å². The number of hydrogen-bond acceptors (Lipinski definition) is 1. The SMILES string of the molecule is CCCC[C@@H](CO)Cc1ccc(I)cc1. The summed E-state index contributed by atoms with van der Waals surface area (Å²) >= 11 is 2.31. The second kappa shape index (κ2) is 7.23. The summed E-state index contributed by atoms with van der Waals surface area (Å²) in [7, 11) is 0. The Morgan fingerprint density at radius 2 is 1.93 bits per heavy atom. The molecule has 0 spiro atoms. The Morgan fingerprint density at radius 1 is 1.27 bits per heavy atom. The topological polar surface area (TPSA) is 20.2 Å². The lowest BCUT2D eigenvalue weighted by molar-refractivity contribution is 0.215. The molecule has 0 saturated carbocycles. The van der Waals surface area contributed by atoms with Crippen molar-refractivity contribution in [2.75, 3.05) is 6.61 Å². The summed E-state index contributed by atoms with van der Waals surface area (Å²) in [4.78, 5) is 0. The first kappa shape index (κ1) is 13.0. The first-order valence-corrected chi connectivity index (χ1v) is 6.69. The molecule has 1 N–H and O–H groups in total. The van der Waals surface area contributed by atoms with E-state index in [1.807, 2.05) is 0 Å². The van der Waals surface area contributed by atoms with Gasteiger partial charge in [0.1, 0.15) is 0 Å². The highest BCUT2D eigenvalue weighted by Crippen LogP contribution is 2.16. The van der Waals surface area contributed by atoms with Crippen LogP contribution in [0.25, 0.3) is 0 Å². The van der Waals surface area contributed by atoms with E-state index >= 15 is 0 Å². The van der Waals surface area contributed by atoms with Gasteiger partial charge in [-0.25, -0.2) is 0 Å². The maximum atomic E-state index is 9.27. The van der Waals surface area contributed by atoms with Gasteiger partial charge in [0.2, 0.25) is 0 Å². The van der Waals surface area contributed by atoms with E-state index in [1.54, 1.807) is 0 Å². The summed E-state index contributed by atoms with van der Waals surface area (Å²) in [6, 6.07) is 8.58. The van der Waals surface area contributed by atoms with Gasteiger partial charge in [-0.2, -0.15) is 0 Å². The largest absolute Gasteiger partial charge is 0.396 e. The van der Waals surface area contributed by atoms with E-state index in [0.717, 1.165) is 12.8 Å². The van der Waals surface area contributed by atoms with Crippen LogP contribution in [0, 0.1) is 9.49 Å². The number of aliphatic hydroxyl groups is 1. The lowest BCUT2D eigenvalue weighted by Gasteiger charge is -2.13. The van der Waals surface area contributed by atoms with Crippen molar-refractivity contribution in [1.82, 2.24) is 0 Å². The number of benzene rings is 1. The minimum absolute atomic E-state index is 0.311. The maximum Gasteiger partial charge on any atom is 0.0462 e. The third-order valence-electron chi connectivity index (χ3n) is 2.66. The molecule has 84 valence electrons. The summed E-state index contributed by atoms with van der Waals surface area (Å²) in [6.07, 6.45) is 4.57. The molecular weight excluding hydrogens is 299 g/mol. The molecule has 0 saturated heterocycles. The Bertz CT molecular complexity index is 268. The molecule has 0 unspecified atom stereocenters. The van der Waals surface area contributed by atoms with Crippen LogP contribution in [0.5, 0.6) is 0 Å². The van der Waals surface area contributed by atoms with Crippen molar-refractivity contribution in [3.8, 4) is 0 Å². The van der Waals surface area contributed by atoms with Gasteiger partial charge >= 0.3 is 0 Å². The van der Waals surface area contributed by atoms with Gasteiger partial charge in [-0.3, -0.25) is 0 Å². The Kier molecular flexibility index (Phi) is 6.25. The van der Waals surface area contributed by atoms with E-state index in [4.69, 9.17) is 0 Å². The van der Waals surface area contributed by atoms with Gasteiger partial charge in [-0.15, -0.1) is 0 Å². The number of hydrogen-bond donors (Lipinski definition) is 1.